The van der Waals surface area contributed by atoms with Gasteiger partial charge >= 0.3 is 5.69 Å². The first-order chi connectivity index (χ1) is 8.10. The standard InChI is InChI=1S/C11H13N3O2S/c1-13-9-6-7(16-2)4-5-8(9)14(11(13)15)10(12)17-3/h4-6,12H,1-3H3. The Hall–Kier alpha value is -1.69. The summed E-state index contributed by atoms with van der Waals surface area (Å²) in [4.78, 5) is 12.0. The molecule has 2 rings (SSSR count). The molecule has 0 fully saturated rings. The molecular formula is C11H13N3O2S. The predicted octanol–water partition coefficient (Wildman–Crippen LogP) is 1.49. The zero-order chi connectivity index (χ0) is 12.6. The Kier molecular flexibility index (Phi) is 2.97. The Morgan fingerprint density at radius 3 is 2.71 bits per heavy atom. The number of aromatic nitrogens is 2. The van der Waals surface area contributed by atoms with Gasteiger partial charge in [0.05, 0.1) is 18.1 Å². The molecule has 5 nitrogen and oxygen atoms in total. The molecule has 0 unspecified atom stereocenters. The first-order valence-electron chi connectivity index (χ1n) is 4.98. The first kappa shape index (κ1) is 11.8. The fraction of sp³-hybridized carbons (Fsp3) is 0.273. The summed E-state index contributed by atoms with van der Waals surface area (Å²) in [6.45, 7) is 0. The van der Waals surface area contributed by atoms with Crippen molar-refractivity contribution in [1.29, 1.82) is 5.41 Å². The molecule has 0 radical (unpaired) electrons. The second-order valence-electron chi connectivity index (χ2n) is 3.54. The van der Waals surface area contributed by atoms with Gasteiger partial charge in [-0.3, -0.25) is 9.98 Å². The maximum Gasteiger partial charge on any atom is 0.335 e. The maximum atomic E-state index is 12.0. The van der Waals surface area contributed by atoms with Crippen molar-refractivity contribution in [1.82, 2.24) is 9.13 Å². The molecule has 2 aromatic rings. The van der Waals surface area contributed by atoms with Crippen molar-refractivity contribution in [2.45, 2.75) is 0 Å². The third-order valence-electron chi connectivity index (χ3n) is 2.66. The van der Waals surface area contributed by atoms with Gasteiger partial charge in [-0.1, -0.05) is 11.8 Å². The zero-order valence-corrected chi connectivity index (χ0v) is 10.7. The summed E-state index contributed by atoms with van der Waals surface area (Å²) in [7, 11) is 3.27. The minimum absolute atomic E-state index is 0.214. The fourth-order valence-corrected chi connectivity index (χ4v) is 2.09. The van der Waals surface area contributed by atoms with Crippen molar-refractivity contribution >= 4 is 28.0 Å². The number of benzene rings is 1. The van der Waals surface area contributed by atoms with E-state index in [0.29, 0.717) is 5.75 Å². The maximum absolute atomic E-state index is 12.0. The van der Waals surface area contributed by atoms with Crippen LogP contribution in [0.2, 0.25) is 0 Å². The van der Waals surface area contributed by atoms with E-state index in [1.54, 1.807) is 38.6 Å². The Bertz CT molecular complexity index is 642. The lowest BCUT2D eigenvalue weighted by atomic mass is 10.3. The molecule has 0 amide bonds. The molecular weight excluding hydrogens is 238 g/mol. The number of methoxy groups -OCH3 is 1. The highest BCUT2D eigenvalue weighted by Gasteiger charge is 2.14. The summed E-state index contributed by atoms with van der Waals surface area (Å²) in [6, 6.07) is 5.37. The number of fused-ring (bicyclic) bond motifs is 1. The molecule has 1 aromatic heterocycles. The van der Waals surface area contributed by atoms with Gasteiger partial charge < -0.3 is 4.74 Å². The smallest absolute Gasteiger partial charge is 0.335 e. The molecule has 90 valence electrons. The van der Waals surface area contributed by atoms with Crippen molar-refractivity contribution in [3.05, 3.63) is 28.7 Å². The molecule has 1 aromatic carbocycles. The van der Waals surface area contributed by atoms with Crippen LogP contribution in [0.4, 0.5) is 0 Å². The van der Waals surface area contributed by atoms with E-state index in [2.05, 4.69) is 0 Å². The highest BCUT2D eigenvalue weighted by Crippen LogP contribution is 2.20. The SMILES string of the molecule is COc1ccc2c(c1)n(C)c(=O)n2C(=N)SC. The summed E-state index contributed by atoms with van der Waals surface area (Å²) in [5.74, 6) is 0.695. The molecule has 0 aliphatic carbocycles. The van der Waals surface area contributed by atoms with E-state index < -0.39 is 0 Å². The second-order valence-corrected chi connectivity index (χ2v) is 4.34. The lowest BCUT2D eigenvalue weighted by Gasteiger charge is -2.02. The van der Waals surface area contributed by atoms with Gasteiger partial charge in [-0.2, -0.15) is 0 Å². The van der Waals surface area contributed by atoms with Crippen molar-refractivity contribution < 1.29 is 4.74 Å². The van der Waals surface area contributed by atoms with Gasteiger partial charge in [0.2, 0.25) is 0 Å². The van der Waals surface area contributed by atoms with E-state index in [1.807, 2.05) is 0 Å². The van der Waals surface area contributed by atoms with Crippen LogP contribution in [-0.2, 0) is 7.05 Å². The molecule has 6 heteroatoms. The molecule has 0 atom stereocenters. The van der Waals surface area contributed by atoms with Crippen molar-refractivity contribution in [3.8, 4) is 5.75 Å². The van der Waals surface area contributed by atoms with Gasteiger partial charge in [0.25, 0.3) is 0 Å². The van der Waals surface area contributed by atoms with E-state index in [9.17, 15) is 4.79 Å². The number of aryl methyl sites for hydroxylation is 1. The summed E-state index contributed by atoms with van der Waals surface area (Å²) in [5, 5.41) is 8.01. The number of nitrogens with one attached hydrogen (secondary N) is 1. The molecule has 17 heavy (non-hydrogen) atoms. The summed E-state index contributed by atoms with van der Waals surface area (Å²) < 4.78 is 8.03. The van der Waals surface area contributed by atoms with Crippen LogP contribution in [0.25, 0.3) is 11.0 Å². The van der Waals surface area contributed by atoms with Crippen LogP contribution in [0.1, 0.15) is 0 Å². The molecule has 0 aliphatic rings. The average Bonchev–Trinajstić information content (AvgIpc) is 2.61. The number of imidazole rings is 1. The Morgan fingerprint density at radius 1 is 1.41 bits per heavy atom. The third-order valence-corrected chi connectivity index (χ3v) is 3.23. The highest BCUT2D eigenvalue weighted by atomic mass is 32.2. The van der Waals surface area contributed by atoms with Gasteiger partial charge in [-0.25, -0.2) is 9.36 Å². The number of hydrogen-bond donors (Lipinski definition) is 1. The minimum Gasteiger partial charge on any atom is -0.497 e. The molecule has 0 bridgehead atoms. The van der Waals surface area contributed by atoms with Gasteiger partial charge in [-0.05, 0) is 18.4 Å². The first-order valence-corrected chi connectivity index (χ1v) is 6.21. The van der Waals surface area contributed by atoms with Crippen LogP contribution in [0, 0.1) is 5.41 Å². The number of hydrogen-bond acceptors (Lipinski definition) is 4. The van der Waals surface area contributed by atoms with E-state index >= 15 is 0 Å². The zero-order valence-electron chi connectivity index (χ0n) is 9.85. The molecule has 0 saturated heterocycles. The largest absolute Gasteiger partial charge is 0.497 e. The lowest BCUT2D eigenvalue weighted by molar-refractivity contribution is 0.415. The van der Waals surface area contributed by atoms with Crippen LogP contribution in [0.5, 0.6) is 5.75 Å². The minimum atomic E-state index is -0.215. The quantitative estimate of drug-likeness (QED) is 0.617. The van der Waals surface area contributed by atoms with Gasteiger partial charge in [-0.15, -0.1) is 0 Å². The van der Waals surface area contributed by atoms with E-state index in [0.717, 1.165) is 11.0 Å². The van der Waals surface area contributed by atoms with Crippen LogP contribution in [0.15, 0.2) is 23.0 Å². The molecule has 1 heterocycles. The van der Waals surface area contributed by atoms with Crippen molar-refractivity contribution in [2.24, 2.45) is 7.05 Å². The summed E-state index contributed by atoms with van der Waals surface area (Å²) >= 11 is 1.23. The van der Waals surface area contributed by atoms with Gasteiger partial charge in [0, 0.05) is 13.1 Å². The second kappa shape index (κ2) is 4.29. The summed E-state index contributed by atoms with van der Waals surface area (Å²) in [5.41, 5.74) is 1.26. The van der Waals surface area contributed by atoms with Crippen molar-refractivity contribution in [3.63, 3.8) is 0 Å². The number of rotatable bonds is 1. The molecule has 0 spiro atoms. The monoisotopic (exact) mass is 251 g/mol. The fourth-order valence-electron chi connectivity index (χ4n) is 1.73. The van der Waals surface area contributed by atoms with E-state index in [4.69, 9.17) is 10.1 Å². The molecule has 0 aliphatic heterocycles. The normalized spacial score (nSPS) is 10.8. The Morgan fingerprint density at radius 2 is 2.12 bits per heavy atom. The Balaban J connectivity index is 2.83. The number of thioether (sulfide) groups is 1. The summed E-state index contributed by atoms with van der Waals surface area (Å²) in [6.07, 6.45) is 1.77. The topological polar surface area (TPSA) is 60.0 Å². The van der Waals surface area contributed by atoms with Crippen LogP contribution < -0.4 is 10.4 Å². The number of ether oxygens (including phenoxy) is 1. The van der Waals surface area contributed by atoms with E-state index in [1.165, 1.54) is 20.9 Å². The number of nitrogens with zero attached hydrogens (tertiary/aromatic N) is 2. The predicted molar refractivity (Wildman–Crippen MR) is 70.4 cm³/mol. The van der Waals surface area contributed by atoms with Crippen LogP contribution >= 0.6 is 11.8 Å². The van der Waals surface area contributed by atoms with E-state index in [-0.39, 0.29) is 10.9 Å². The average molecular weight is 251 g/mol. The van der Waals surface area contributed by atoms with Gasteiger partial charge in [0.15, 0.2) is 5.17 Å². The molecule has 1 N–H and O–H groups in total. The Labute approximate surface area is 103 Å². The van der Waals surface area contributed by atoms with Crippen LogP contribution in [-0.4, -0.2) is 27.7 Å². The lowest BCUT2D eigenvalue weighted by Crippen LogP contribution is -2.25. The van der Waals surface area contributed by atoms with Crippen LogP contribution in [0.3, 0.4) is 0 Å². The third kappa shape index (κ3) is 1.74. The highest BCUT2D eigenvalue weighted by molar-refractivity contribution is 8.13. The molecule has 0 saturated carbocycles. The van der Waals surface area contributed by atoms with Crippen molar-refractivity contribution in [2.75, 3.05) is 13.4 Å². The van der Waals surface area contributed by atoms with Gasteiger partial charge in [0.1, 0.15) is 5.75 Å².